The molecule has 0 aromatic heterocycles. The van der Waals surface area contributed by atoms with Gasteiger partial charge in [0.1, 0.15) is 12.0 Å². The van der Waals surface area contributed by atoms with Crippen molar-refractivity contribution in [1.82, 2.24) is 20.4 Å². The van der Waals surface area contributed by atoms with Crippen LogP contribution in [0.1, 0.15) is 49.5 Å². The fourth-order valence-corrected chi connectivity index (χ4v) is 5.47. The zero-order chi connectivity index (χ0) is 24.9. The van der Waals surface area contributed by atoms with Crippen LogP contribution >= 0.6 is 12.2 Å². The molecule has 0 spiro atoms. The molecule has 2 N–H and O–H groups in total. The molecule has 5 rings (SSSR count). The lowest BCUT2D eigenvalue weighted by molar-refractivity contribution is -0.132. The summed E-state index contributed by atoms with van der Waals surface area (Å²) in [7, 11) is 0. The highest BCUT2D eigenvalue weighted by molar-refractivity contribution is 7.80. The number of nitrogens with one attached hydrogen (secondary N) is 2. The molecular formula is C28H34N4O3S. The summed E-state index contributed by atoms with van der Waals surface area (Å²) in [5.41, 5.74) is 2.73. The maximum atomic E-state index is 14.3. The van der Waals surface area contributed by atoms with E-state index < -0.39 is 0 Å². The van der Waals surface area contributed by atoms with Crippen LogP contribution in [0.4, 0.5) is 0 Å². The fraction of sp³-hybridized carbons (Fsp3) is 0.429. The number of nitrogens with zero attached hydrogens (tertiary/aromatic N) is 2. The summed E-state index contributed by atoms with van der Waals surface area (Å²) in [6.07, 6.45) is 2.58. The number of ether oxygens (including phenoxy) is 2. The average Bonchev–Trinajstić information content (AvgIpc) is 3.43. The van der Waals surface area contributed by atoms with E-state index >= 15 is 0 Å². The zero-order valence-electron chi connectivity index (χ0n) is 20.7. The Labute approximate surface area is 218 Å². The number of carbonyl (C=O) groups excluding carboxylic acids is 1. The molecule has 1 fully saturated rings. The van der Waals surface area contributed by atoms with E-state index in [9.17, 15) is 4.79 Å². The third-order valence-corrected chi connectivity index (χ3v) is 7.29. The highest BCUT2D eigenvalue weighted by Gasteiger charge is 2.44. The fourth-order valence-electron chi connectivity index (χ4n) is 5.19. The van der Waals surface area contributed by atoms with Gasteiger partial charge in [0.15, 0.2) is 5.11 Å². The Kier molecular flexibility index (Phi) is 7.84. The van der Waals surface area contributed by atoms with E-state index in [0.717, 1.165) is 42.8 Å². The van der Waals surface area contributed by atoms with E-state index in [4.69, 9.17) is 21.7 Å². The summed E-state index contributed by atoms with van der Waals surface area (Å²) < 4.78 is 11.5. The molecular weight excluding hydrogens is 472 g/mol. The molecule has 8 heteroatoms. The van der Waals surface area contributed by atoms with Gasteiger partial charge in [-0.2, -0.15) is 0 Å². The van der Waals surface area contributed by atoms with Crippen molar-refractivity contribution in [1.29, 1.82) is 0 Å². The van der Waals surface area contributed by atoms with Crippen molar-refractivity contribution in [3.8, 4) is 0 Å². The van der Waals surface area contributed by atoms with Crippen molar-refractivity contribution in [3.63, 3.8) is 0 Å². The van der Waals surface area contributed by atoms with Gasteiger partial charge in [-0.1, -0.05) is 60.7 Å². The lowest BCUT2D eigenvalue weighted by Crippen LogP contribution is -2.60. The van der Waals surface area contributed by atoms with Gasteiger partial charge in [-0.05, 0) is 49.5 Å². The van der Waals surface area contributed by atoms with E-state index in [1.165, 1.54) is 0 Å². The van der Waals surface area contributed by atoms with Crippen molar-refractivity contribution in [2.75, 3.05) is 32.9 Å². The molecule has 190 valence electrons. The van der Waals surface area contributed by atoms with Crippen molar-refractivity contribution in [3.05, 3.63) is 83.2 Å². The van der Waals surface area contributed by atoms with Crippen molar-refractivity contribution in [2.45, 2.75) is 44.5 Å². The molecule has 7 nitrogen and oxygen atoms in total. The molecule has 3 heterocycles. The number of benzene rings is 2. The van der Waals surface area contributed by atoms with Crippen molar-refractivity contribution < 1.29 is 14.3 Å². The first-order chi connectivity index (χ1) is 17.7. The van der Waals surface area contributed by atoms with Crippen LogP contribution in [-0.4, -0.2) is 59.8 Å². The van der Waals surface area contributed by atoms with Crippen LogP contribution < -0.4 is 10.6 Å². The van der Waals surface area contributed by atoms with Crippen LogP contribution in [0.5, 0.6) is 0 Å². The molecule has 2 aromatic rings. The molecule has 1 saturated heterocycles. The number of rotatable bonds is 9. The van der Waals surface area contributed by atoms with E-state index in [2.05, 4.69) is 22.8 Å². The summed E-state index contributed by atoms with van der Waals surface area (Å²) in [6.45, 7) is 5.23. The van der Waals surface area contributed by atoms with Gasteiger partial charge in [0, 0.05) is 26.4 Å². The maximum absolute atomic E-state index is 14.3. The van der Waals surface area contributed by atoms with Crippen LogP contribution in [0, 0.1) is 0 Å². The molecule has 3 aliphatic heterocycles. The Morgan fingerprint density at radius 1 is 1.06 bits per heavy atom. The van der Waals surface area contributed by atoms with Gasteiger partial charge in [-0.25, -0.2) is 0 Å². The minimum Gasteiger partial charge on any atom is -0.382 e. The first-order valence-electron chi connectivity index (χ1n) is 12.9. The highest BCUT2D eigenvalue weighted by atomic mass is 32.1. The first-order valence-corrected chi connectivity index (χ1v) is 13.3. The molecule has 0 unspecified atom stereocenters. The molecule has 3 atom stereocenters. The molecule has 0 aliphatic carbocycles. The summed E-state index contributed by atoms with van der Waals surface area (Å²) in [6, 6.07) is 19.8. The molecule has 0 bridgehead atoms. The Morgan fingerprint density at radius 3 is 2.44 bits per heavy atom. The summed E-state index contributed by atoms with van der Waals surface area (Å²) in [4.78, 5) is 18.3. The van der Waals surface area contributed by atoms with Crippen LogP contribution in [0.15, 0.2) is 72.1 Å². The molecule has 36 heavy (non-hydrogen) atoms. The number of carbonyl (C=O) groups is 1. The van der Waals surface area contributed by atoms with E-state index in [1.807, 2.05) is 65.3 Å². The van der Waals surface area contributed by atoms with Crippen molar-refractivity contribution in [2.24, 2.45) is 0 Å². The average molecular weight is 507 g/mol. The van der Waals surface area contributed by atoms with Crippen LogP contribution in [0.25, 0.3) is 0 Å². The van der Waals surface area contributed by atoms with Crippen LogP contribution in [-0.2, 0) is 14.3 Å². The number of amides is 1. The number of thiocarbonyl (C=S) groups is 1. The van der Waals surface area contributed by atoms with Crippen LogP contribution in [0.3, 0.4) is 0 Å². The number of hydrogen-bond acceptors (Lipinski definition) is 5. The molecule has 1 amide bonds. The normalized spacial score (nSPS) is 24.0. The summed E-state index contributed by atoms with van der Waals surface area (Å²) in [5, 5.41) is 7.81. The quantitative estimate of drug-likeness (QED) is 0.395. The molecule has 2 aromatic carbocycles. The number of hydrogen-bond donors (Lipinski definition) is 2. The maximum Gasteiger partial charge on any atom is 0.257 e. The predicted octanol–water partition coefficient (Wildman–Crippen LogP) is 3.87. The molecule has 3 aliphatic rings. The van der Waals surface area contributed by atoms with E-state index in [0.29, 0.717) is 37.0 Å². The Balaban J connectivity index is 1.56. The third kappa shape index (κ3) is 5.12. The Bertz CT molecular complexity index is 1090. The summed E-state index contributed by atoms with van der Waals surface area (Å²) >= 11 is 5.87. The molecule has 0 saturated carbocycles. The second kappa shape index (κ2) is 11.4. The van der Waals surface area contributed by atoms with Gasteiger partial charge in [0.05, 0.1) is 24.3 Å². The van der Waals surface area contributed by atoms with Gasteiger partial charge in [-0.15, -0.1) is 0 Å². The minimum atomic E-state index is -0.333. The largest absolute Gasteiger partial charge is 0.382 e. The zero-order valence-corrected chi connectivity index (χ0v) is 21.5. The van der Waals surface area contributed by atoms with Crippen molar-refractivity contribution >= 4 is 23.2 Å². The Morgan fingerprint density at radius 2 is 1.78 bits per heavy atom. The highest BCUT2D eigenvalue weighted by Crippen LogP contribution is 2.38. The van der Waals surface area contributed by atoms with Gasteiger partial charge in [0.25, 0.3) is 5.91 Å². The van der Waals surface area contributed by atoms with Gasteiger partial charge >= 0.3 is 0 Å². The third-order valence-electron chi connectivity index (χ3n) is 6.95. The second-order valence-electron chi connectivity index (χ2n) is 9.31. The first kappa shape index (κ1) is 24.7. The predicted molar refractivity (Wildman–Crippen MR) is 143 cm³/mol. The topological polar surface area (TPSA) is 66.1 Å². The monoisotopic (exact) mass is 506 g/mol. The smallest absolute Gasteiger partial charge is 0.257 e. The second-order valence-corrected chi connectivity index (χ2v) is 9.69. The SMILES string of the molecule is CCOCCCN1C(=O)C2=C(N[C@@H]1c1ccccc1)N(C[C@@H]1CCCO1)C(=S)N[C@@H]2c1ccccc1. The lowest BCUT2D eigenvalue weighted by atomic mass is 9.92. The minimum absolute atomic E-state index is 0.00953. The lowest BCUT2D eigenvalue weighted by Gasteiger charge is -2.47. The van der Waals surface area contributed by atoms with Crippen LogP contribution in [0.2, 0.25) is 0 Å². The van der Waals surface area contributed by atoms with Gasteiger partial charge in [-0.3, -0.25) is 4.79 Å². The standard InChI is InChI=1S/C28H34N4O3S/c1-2-34-17-10-16-31-25(21-13-7-4-8-14-21)30-26-23(27(31)33)24(20-11-5-3-6-12-20)29-28(36)32(26)19-22-15-9-18-35-22/h3-8,11-14,22,24-25,30H,2,9-10,15-19H2,1H3,(H,29,36)/t22-,24+,25-/m0/s1. The van der Waals surface area contributed by atoms with Gasteiger partial charge < -0.3 is 29.9 Å². The van der Waals surface area contributed by atoms with E-state index in [1.54, 1.807) is 0 Å². The summed E-state index contributed by atoms with van der Waals surface area (Å²) in [5.74, 6) is 0.790. The van der Waals surface area contributed by atoms with Gasteiger partial charge in [0.2, 0.25) is 0 Å². The van der Waals surface area contributed by atoms with E-state index in [-0.39, 0.29) is 24.2 Å². The molecule has 0 radical (unpaired) electrons. The Hall–Kier alpha value is -2.94.